The van der Waals surface area contributed by atoms with Gasteiger partial charge < -0.3 is 4.74 Å². The topological polar surface area (TPSA) is 89.0 Å². The first-order valence-electron chi connectivity index (χ1n) is 5.19. The summed E-state index contributed by atoms with van der Waals surface area (Å²) in [5.41, 5.74) is -0.793. The number of pyridine rings is 1. The number of hydrogen-bond acceptors (Lipinski definition) is 5. The molecule has 2 aromatic rings. The lowest BCUT2D eigenvalue weighted by Crippen LogP contribution is -1.97. The molecule has 1 aromatic carbocycles. The second kappa shape index (κ2) is 5.63. The molecule has 0 spiro atoms. The summed E-state index contributed by atoms with van der Waals surface area (Å²) in [6, 6.07) is 7.76. The minimum Gasteiger partial charge on any atom is -0.438 e. The third kappa shape index (κ3) is 2.89. The van der Waals surface area contributed by atoms with E-state index < -0.39 is 16.4 Å². The molecule has 0 unspecified atom stereocenters. The van der Waals surface area contributed by atoms with Crippen LogP contribution in [-0.2, 0) is 0 Å². The van der Waals surface area contributed by atoms with Gasteiger partial charge in [0, 0.05) is 18.2 Å². The largest absolute Gasteiger partial charge is 0.438 e. The number of halogens is 2. The van der Waals surface area contributed by atoms with Crippen molar-refractivity contribution in [2.45, 2.75) is 0 Å². The van der Waals surface area contributed by atoms with Crippen molar-refractivity contribution in [1.82, 2.24) is 4.98 Å². The zero-order valence-corrected chi connectivity index (χ0v) is 11.3. The summed E-state index contributed by atoms with van der Waals surface area (Å²) in [4.78, 5) is 13.7. The first-order chi connectivity index (χ1) is 9.51. The van der Waals surface area contributed by atoms with E-state index in [1.807, 2.05) is 0 Å². The number of rotatable bonds is 3. The fraction of sp³-hybridized carbons (Fsp3) is 0. The average molecular weight is 338 g/mol. The van der Waals surface area contributed by atoms with Gasteiger partial charge in [0.25, 0.3) is 0 Å². The number of ether oxygens (including phenoxy) is 1. The van der Waals surface area contributed by atoms with E-state index in [0.29, 0.717) is 4.47 Å². The maximum absolute atomic E-state index is 13.1. The van der Waals surface area contributed by atoms with E-state index in [9.17, 15) is 14.5 Å². The fourth-order valence-electron chi connectivity index (χ4n) is 1.39. The number of nitrogens with zero attached hydrogens (tertiary/aromatic N) is 3. The van der Waals surface area contributed by atoms with Crippen molar-refractivity contribution in [1.29, 1.82) is 5.26 Å². The van der Waals surface area contributed by atoms with Crippen molar-refractivity contribution in [2.24, 2.45) is 0 Å². The minimum absolute atomic E-state index is 0.0431. The zero-order chi connectivity index (χ0) is 14.7. The maximum Gasteiger partial charge on any atom is 0.305 e. The predicted octanol–water partition coefficient (Wildman–Crippen LogP) is 3.56. The molecule has 2 rings (SSSR count). The van der Waals surface area contributed by atoms with Crippen LogP contribution in [0.4, 0.5) is 10.1 Å². The molecule has 100 valence electrons. The van der Waals surface area contributed by atoms with Crippen LogP contribution in [0.2, 0.25) is 0 Å². The Labute approximate surface area is 120 Å². The van der Waals surface area contributed by atoms with E-state index in [-0.39, 0.29) is 17.3 Å². The van der Waals surface area contributed by atoms with Crippen LogP contribution in [0.3, 0.4) is 0 Å². The minimum atomic E-state index is -0.715. The number of aromatic nitrogens is 1. The quantitative estimate of drug-likeness (QED) is 0.631. The summed E-state index contributed by atoms with van der Waals surface area (Å²) in [5.74, 6) is -0.403. The van der Waals surface area contributed by atoms with Crippen LogP contribution < -0.4 is 4.74 Å². The molecule has 0 fully saturated rings. The molecule has 0 saturated carbocycles. The summed E-state index contributed by atoms with van der Waals surface area (Å²) >= 11 is 3.17. The summed E-state index contributed by atoms with van der Waals surface area (Å²) in [6.45, 7) is 0. The Balaban J connectivity index is 2.38. The molecule has 0 amide bonds. The Kier molecular flexibility index (Phi) is 3.91. The first kappa shape index (κ1) is 13.9. The van der Waals surface area contributed by atoms with E-state index in [2.05, 4.69) is 20.9 Å². The van der Waals surface area contributed by atoms with Crippen LogP contribution in [-0.4, -0.2) is 9.91 Å². The van der Waals surface area contributed by atoms with Crippen LogP contribution >= 0.6 is 15.9 Å². The smallest absolute Gasteiger partial charge is 0.305 e. The van der Waals surface area contributed by atoms with Crippen LogP contribution in [0.25, 0.3) is 0 Å². The molecular weight excluding hydrogens is 333 g/mol. The van der Waals surface area contributed by atoms with E-state index in [1.54, 1.807) is 6.07 Å². The van der Waals surface area contributed by atoms with Crippen molar-refractivity contribution in [3.63, 3.8) is 0 Å². The second-order valence-corrected chi connectivity index (χ2v) is 4.42. The molecule has 0 radical (unpaired) electrons. The highest BCUT2D eigenvalue weighted by Crippen LogP contribution is 2.30. The number of hydrogen-bond donors (Lipinski definition) is 0. The van der Waals surface area contributed by atoms with Crippen LogP contribution in [0.1, 0.15) is 5.69 Å². The van der Waals surface area contributed by atoms with Crippen molar-refractivity contribution in [2.75, 3.05) is 0 Å². The van der Waals surface area contributed by atoms with Gasteiger partial charge >= 0.3 is 5.69 Å². The van der Waals surface area contributed by atoms with Gasteiger partial charge in [0.1, 0.15) is 17.6 Å². The molecule has 1 heterocycles. The van der Waals surface area contributed by atoms with Crippen molar-refractivity contribution in [3.8, 4) is 17.7 Å². The molecule has 0 bridgehead atoms. The van der Waals surface area contributed by atoms with Crippen molar-refractivity contribution < 1.29 is 14.1 Å². The van der Waals surface area contributed by atoms with Gasteiger partial charge in [0.15, 0.2) is 0 Å². The van der Waals surface area contributed by atoms with Crippen LogP contribution in [0.5, 0.6) is 11.6 Å². The molecule has 0 aliphatic rings. The van der Waals surface area contributed by atoms with Gasteiger partial charge in [0.05, 0.1) is 9.40 Å². The number of benzene rings is 1. The normalized spacial score (nSPS) is 9.85. The SMILES string of the molecule is N#Cc1nc(Oc2cc(F)ccc2Br)ccc1[N+](=O)[O-]. The molecular formula is C12H5BrFN3O3. The number of nitriles is 1. The molecule has 6 nitrogen and oxygen atoms in total. The Morgan fingerprint density at radius 2 is 2.15 bits per heavy atom. The molecule has 1 aromatic heterocycles. The van der Waals surface area contributed by atoms with Crippen LogP contribution in [0.15, 0.2) is 34.8 Å². The molecule has 0 saturated heterocycles. The zero-order valence-electron chi connectivity index (χ0n) is 9.71. The van der Waals surface area contributed by atoms with E-state index in [1.165, 1.54) is 18.2 Å². The Morgan fingerprint density at radius 3 is 2.80 bits per heavy atom. The van der Waals surface area contributed by atoms with Gasteiger partial charge in [-0.2, -0.15) is 10.2 Å². The van der Waals surface area contributed by atoms with Crippen LogP contribution in [0, 0.1) is 27.3 Å². The molecule has 0 aliphatic carbocycles. The maximum atomic E-state index is 13.1. The predicted molar refractivity (Wildman–Crippen MR) is 69.8 cm³/mol. The summed E-state index contributed by atoms with van der Waals surface area (Å²) in [7, 11) is 0. The lowest BCUT2D eigenvalue weighted by molar-refractivity contribution is -0.385. The Morgan fingerprint density at radius 1 is 1.40 bits per heavy atom. The third-order valence-electron chi connectivity index (χ3n) is 2.26. The van der Waals surface area contributed by atoms with Crippen molar-refractivity contribution >= 4 is 21.6 Å². The summed E-state index contributed by atoms with van der Waals surface area (Å²) < 4.78 is 18.9. The fourth-order valence-corrected chi connectivity index (χ4v) is 1.72. The Bertz CT molecular complexity index is 730. The second-order valence-electron chi connectivity index (χ2n) is 3.56. The summed E-state index contributed by atoms with van der Waals surface area (Å²) in [5, 5.41) is 19.5. The first-order valence-corrected chi connectivity index (χ1v) is 5.99. The molecule has 0 atom stereocenters. The standard InChI is InChI=1S/C12H5BrFN3O3/c13-8-2-1-7(14)5-11(8)20-12-4-3-10(17(18)19)9(6-15)16-12/h1-5H. The van der Waals surface area contributed by atoms with Gasteiger partial charge in [-0.1, -0.05) is 0 Å². The average Bonchev–Trinajstić information content (AvgIpc) is 2.42. The Hall–Kier alpha value is -2.53. The van der Waals surface area contributed by atoms with E-state index in [4.69, 9.17) is 10.00 Å². The highest BCUT2D eigenvalue weighted by Gasteiger charge is 2.16. The highest BCUT2D eigenvalue weighted by molar-refractivity contribution is 9.10. The lowest BCUT2D eigenvalue weighted by atomic mass is 10.3. The van der Waals surface area contributed by atoms with E-state index in [0.717, 1.165) is 12.1 Å². The highest BCUT2D eigenvalue weighted by atomic mass is 79.9. The van der Waals surface area contributed by atoms with Gasteiger partial charge in [-0.3, -0.25) is 10.1 Å². The van der Waals surface area contributed by atoms with Gasteiger partial charge in [-0.15, -0.1) is 0 Å². The van der Waals surface area contributed by atoms with Crippen molar-refractivity contribution in [3.05, 3.63) is 56.4 Å². The third-order valence-corrected chi connectivity index (χ3v) is 2.91. The lowest BCUT2D eigenvalue weighted by Gasteiger charge is -2.07. The monoisotopic (exact) mass is 337 g/mol. The number of nitro groups is 1. The molecule has 0 N–H and O–H groups in total. The summed E-state index contributed by atoms with van der Waals surface area (Å²) in [6.07, 6.45) is 0. The van der Waals surface area contributed by atoms with E-state index >= 15 is 0 Å². The molecule has 8 heteroatoms. The molecule has 20 heavy (non-hydrogen) atoms. The van der Waals surface area contributed by atoms with Gasteiger partial charge in [-0.25, -0.2) is 4.39 Å². The van der Waals surface area contributed by atoms with Gasteiger partial charge in [0.2, 0.25) is 11.6 Å². The van der Waals surface area contributed by atoms with Gasteiger partial charge in [-0.05, 0) is 28.1 Å². The molecule has 0 aliphatic heterocycles.